The molecule has 0 unspecified atom stereocenters. The Morgan fingerprint density at radius 2 is 0.953 bits per heavy atom. The molecule has 0 aliphatic rings. The van der Waals surface area contributed by atoms with E-state index < -0.39 is 0 Å². The SMILES string of the molecule is NN(C=C([NH3+])c1ccc(-n2c3ccccc3c3ccccc32)cc1)c1cccc(-n2c3ccccc3c3ccccc32)c1. The number of hydrazine groups is 1. The second-order valence-corrected chi connectivity index (χ2v) is 10.9. The molecule has 0 saturated carbocycles. The summed E-state index contributed by atoms with van der Waals surface area (Å²) in [7, 11) is 0. The van der Waals surface area contributed by atoms with Crippen LogP contribution in [-0.2, 0) is 0 Å². The number of aromatic nitrogens is 2. The first kappa shape index (κ1) is 25.1. The van der Waals surface area contributed by atoms with Gasteiger partial charge in [0.05, 0.1) is 34.0 Å². The Morgan fingerprint density at radius 3 is 1.44 bits per heavy atom. The van der Waals surface area contributed by atoms with Crippen LogP contribution in [-0.4, -0.2) is 9.13 Å². The topological polar surface area (TPSA) is 66.8 Å². The summed E-state index contributed by atoms with van der Waals surface area (Å²) in [4.78, 5) is 0. The molecule has 8 rings (SSSR count). The number of benzene rings is 6. The van der Waals surface area contributed by atoms with E-state index in [4.69, 9.17) is 5.84 Å². The number of rotatable bonds is 5. The van der Waals surface area contributed by atoms with Crippen LogP contribution in [0, 0.1) is 0 Å². The lowest BCUT2D eigenvalue weighted by atomic mass is 10.1. The largest absolute Gasteiger partial charge is 0.323 e. The van der Waals surface area contributed by atoms with Crippen molar-refractivity contribution in [3.8, 4) is 11.4 Å². The highest BCUT2D eigenvalue weighted by Crippen LogP contribution is 2.34. The molecule has 0 aliphatic heterocycles. The molecule has 0 fully saturated rings. The van der Waals surface area contributed by atoms with Crippen molar-refractivity contribution < 1.29 is 5.73 Å². The lowest BCUT2D eigenvalue weighted by Gasteiger charge is -2.16. The van der Waals surface area contributed by atoms with Crippen molar-refractivity contribution in [2.75, 3.05) is 5.01 Å². The fourth-order valence-electron chi connectivity index (χ4n) is 6.34. The predicted molar refractivity (Wildman–Crippen MR) is 179 cm³/mol. The molecule has 6 aromatic carbocycles. The summed E-state index contributed by atoms with van der Waals surface area (Å²) in [6, 6.07) is 51.0. The molecule has 8 aromatic rings. The van der Waals surface area contributed by atoms with E-state index in [2.05, 4.69) is 148 Å². The van der Waals surface area contributed by atoms with Gasteiger partial charge in [-0.2, -0.15) is 0 Å². The van der Waals surface area contributed by atoms with Gasteiger partial charge in [-0.15, -0.1) is 0 Å². The van der Waals surface area contributed by atoms with Crippen LogP contribution in [0.3, 0.4) is 0 Å². The predicted octanol–water partition coefficient (Wildman–Crippen LogP) is 7.80. The van der Waals surface area contributed by atoms with Crippen molar-refractivity contribution in [3.63, 3.8) is 0 Å². The Balaban J connectivity index is 1.13. The van der Waals surface area contributed by atoms with Gasteiger partial charge in [0.2, 0.25) is 0 Å². The fraction of sp³-hybridized carbons (Fsp3) is 0. The van der Waals surface area contributed by atoms with Gasteiger partial charge in [0.25, 0.3) is 0 Å². The molecule has 0 amide bonds. The molecule has 5 N–H and O–H groups in total. The van der Waals surface area contributed by atoms with Crippen LogP contribution in [0.15, 0.2) is 152 Å². The Labute approximate surface area is 249 Å². The van der Waals surface area contributed by atoms with E-state index in [1.807, 2.05) is 18.3 Å². The van der Waals surface area contributed by atoms with Crippen LogP contribution < -0.4 is 16.6 Å². The Kier molecular flexibility index (Phi) is 5.86. The van der Waals surface area contributed by atoms with Gasteiger partial charge in [0.15, 0.2) is 5.70 Å². The average molecular weight is 557 g/mol. The zero-order valence-corrected chi connectivity index (χ0v) is 23.6. The number of anilines is 1. The Bertz CT molecular complexity index is 2220. The van der Waals surface area contributed by atoms with E-state index in [-0.39, 0.29) is 0 Å². The first-order chi connectivity index (χ1) is 21.2. The molecule has 43 heavy (non-hydrogen) atoms. The van der Waals surface area contributed by atoms with Crippen molar-refractivity contribution in [1.82, 2.24) is 9.13 Å². The number of para-hydroxylation sites is 4. The highest BCUT2D eigenvalue weighted by atomic mass is 15.4. The van der Waals surface area contributed by atoms with Gasteiger partial charge in [-0.05, 0) is 66.7 Å². The quantitative estimate of drug-likeness (QED) is 0.168. The molecule has 0 bridgehead atoms. The van der Waals surface area contributed by atoms with E-state index in [9.17, 15) is 0 Å². The van der Waals surface area contributed by atoms with E-state index in [1.54, 1.807) is 5.01 Å². The van der Waals surface area contributed by atoms with Gasteiger partial charge in [-0.3, -0.25) is 5.01 Å². The van der Waals surface area contributed by atoms with Crippen molar-refractivity contribution in [1.29, 1.82) is 0 Å². The number of quaternary nitrogens is 1. The second kappa shape index (κ2) is 10.0. The number of nitrogens with zero attached hydrogens (tertiary/aromatic N) is 3. The molecular weight excluding hydrogens is 526 g/mol. The zero-order valence-electron chi connectivity index (χ0n) is 23.6. The van der Waals surface area contributed by atoms with Crippen molar-refractivity contribution in [3.05, 3.63) is 157 Å². The smallest absolute Gasteiger partial charge is 0.153 e. The molecule has 0 atom stereocenters. The molecule has 0 saturated heterocycles. The standard InChI is InChI=1S/C38H29N5/c39-34(26-20-22-27(23-21-26)42-35-16-5-1-12-30(35)31-13-2-6-17-36(31)42)25-41(40)28-10-9-11-29(24-28)43-37-18-7-3-14-32(37)33-15-4-8-19-38(33)43/h1-25H,39-40H2/p+1. The average Bonchev–Trinajstić information content (AvgIpc) is 3.58. The number of nitrogens with two attached hydrogens (primary N) is 1. The van der Waals surface area contributed by atoms with Gasteiger partial charge in [-0.25, -0.2) is 5.84 Å². The van der Waals surface area contributed by atoms with Gasteiger partial charge < -0.3 is 14.9 Å². The van der Waals surface area contributed by atoms with Crippen LogP contribution in [0.25, 0.3) is 60.7 Å². The summed E-state index contributed by atoms with van der Waals surface area (Å²) in [5.74, 6) is 6.62. The minimum atomic E-state index is 0.832. The minimum absolute atomic E-state index is 0.832. The van der Waals surface area contributed by atoms with Crippen LogP contribution in [0.4, 0.5) is 5.69 Å². The summed E-state index contributed by atoms with van der Waals surface area (Å²) in [6.45, 7) is 0. The highest BCUT2D eigenvalue weighted by Gasteiger charge is 2.14. The van der Waals surface area contributed by atoms with E-state index in [0.717, 1.165) is 28.3 Å². The van der Waals surface area contributed by atoms with Gasteiger partial charge in [0, 0.05) is 38.5 Å². The van der Waals surface area contributed by atoms with Crippen LogP contribution in [0.1, 0.15) is 5.56 Å². The Hall–Kier alpha value is -5.62. The molecule has 0 aliphatic carbocycles. The third kappa shape index (κ3) is 4.10. The first-order valence-corrected chi connectivity index (χ1v) is 14.4. The maximum atomic E-state index is 6.62. The van der Waals surface area contributed by atoms with Gasteiger partial charge in [-0.1, -0.05) is 78.9 Å². The lowest BCUT2D eigenvalue weighted by Crippen LogP contribution is -2.47. The van der Waals surface area contributed by atoms with Crippen molar-refractivity contribution >= 4 is 55.0 Å². The van der Waals surface area contributed by atoms with Crippen molar-refractivity contribution in [2.24, 2.45) is 5.84 Å². The van der Waals surface area contributed by atoms with Crippen LogP contribution in [0.5, 0.6) is 0 Å². The highest BCUT2D eigenvalue weighted by molar-refractivity contribution is 6.10. The number of hydrogen-bond acceptors (Lipinski definition) is 2. The third-order valence-corrected chi connectivity index (χ3v) is 8.34. The monoisotopic (exact) mass is 556 g/mol. The maximum absolute atomic E-state index is 6.62. The second-order valence-electron chi connectivity index (χ2n) is 10.9. The summed E-state index contributed by atoms with van der Waals surface area (Å²) in [5, 5.41) is 6.62. The number of hydrogen-bond donors (Lipinski definition) is 2. The third-order valence-electron chi connectivity index (χ3n) is 8.34. The van der Waals surface area contributed by atoms with Crippen LogP contribution in [0.2, 0.25) is 0 Å². The van der Waals surface area contributed by atoms with E-state index in [0.29, 0.717) is 0 Å². The van der Waals surface area contributed by atoms with Gasteiger partial charge in [0.1, 0.15) is 0 Å². The van der Waals surface area contributed by atoms with Crippen LogP contribution >= 0.6 is 0 Å². The first-order valence-electron chi connectivity index (χ1n) is 14.4. The summed E-state index contributed by atoms with van der Waals surface area (Å²) in [5.41, 5.74) is 14.0. The molecule has 0 radical (unpaired) electrons. The normalized spacial score (nSPS) is 12.1. The maximum Gasteiger partial charge on any atom is 0.153 e. The summed E-state index contributed by atoms with van der Waals surface area (Å²) in [6.07, 6.45) is 1.89. The molecular formula is C38H30N5+. The zero-order chi connectivity index (χ0) is 28.9. The van der Waals surface area contributed by atoms with E-state index >= 15 is 0 Å². The molecule has 5 nitrogen and oxygen atoms in total. The summed E-state index contributed by atoms with van der Waals surface area (Å²) < 4.78 is 4.61. The molecule has 0 spiro atoms. The molecule has 5 heteroatoms. The molecule has 206 valence electrons. The minimum Gasteiger partial charge on any atom is -0.323 e. The van der Waals surface area contributed by atoms with E-state index in [1.165, 1.54) is 43.6 Å². The van der Waals surface area contributed by atoms with Crippen molar-refractivity contribution in [2.45, 2.75) is 0 Å². The lowest BCUT2D eigenvalue weighted by molar-refractivity contribution is -0.244. The van der Waals surface area contributed by atoms with Gasteiger partial charge >= 0.3 is 0 Å². The summed E-state index contributed by atoms with van der Waals surface area (Å²) >= 11 is 0. The fourth-order valence-corrected chi connectivity index (χ4v) is 6.34. The molecule has 2 heterocycles. The molecule has 2 aromatic heterocycles. The Morgan fingerprint density at radius 1 is 0.512 bits per heavy atom. The number of fused-ring (bicyclic) bond motifs is 6.